The average Bonchev–Trinajstić information content (AvgIpc) is 3.53. The van der Waals surface area contributed by atoms with Crippen LogP contribution in [0.2, 0.25) is 0 Å². The van der Waals surface area contributed by atoms with Gasteiger partial charge in [-0.05, 0) is 67.1 Å². The fraction of sp³-hybridized carbons (Fsp3) is 0.167. The number of anilines is 2. The summed E-state index contributed by atoms with van der Waals surface area (Å²) >= 11 is 0. The van der Waals surface area contributed by atoms with Crippen LogP contribution in [-0.2, 0) is 6.54 Å². The number of rotatable bonds is 11. The Kier molecular flexibility index (Phi) is 9.12. The molecule has 0 bridgehead atoms. The van der Waals surface area contributed by atoms with Gasteiger partial charge in [0.25, 0.3) is 0 Å². The van der Waals surface area contributed by atoms with E-state index in [-0.39, 0.29) is 0 Å². The molecule has 0 aliphatic rings. The zero-order valence-corrected chi connectivity index (χ0v) is 31.0. The first-order chi connectivity index (χ1) is 27.0. The minimum atomic E-state index is 0.666. The van der Waals surface area contributed by atoms with Gasteiger partial charge in [-0.2, -0.15) is 0 Å². The highest BCUT2D eigenvalue weighted by atomic mass is 15.0. The molecule has 0 unspecified atom stereocenters. The number of nitrogens with two attached hydrogens (primary N) is 2. The fourth-order valence-corrected chi connectivity index (χ4v) is 7.83. The van der Waals surface area contributed by atoms with Gasteiger partial charge in [0.1, 0.15) is 0 Å². The number of benzene rings is 6. The molecule has 0 aliphatic heterocycles. The van der Waals surface area contributed by atoms with Crippen LogP contribution in [0.4, 0.5) is 11.4 Å². The second-order valence-electron chi connectivity index (χ2n) is 14.5. The molecule has 270 valence electrons. The van der Waals surface area contributed by atoms with Crippen LogP contribution in [0.3, 0.4) is 0 Å². The van der Waals surface area contributed by atoms with Crippen LogP contribution >= 0.6 is 0 Å². The van der Waals surface area contributed by atoms with Crippen molar-refractivity contribution < 1.29 is 0 Å². The van der Waals surface area contributed by atoms with Crippen molar-refractivity contribution in [3.63, 3.8) is 0 Å². The summed E-state index contributed by atoms with van der Waals surface area (Å²) in [4.78, 5) is 20.8. The molecule has 55 heavy (non-hydrogen) atoms. The van der Waals surface area contributed by atoms with E-state index in [1.165, 1.54) is 53.9 Å². The van der Waals surface area contributed by atoms with Crippen molar-refractivity contribution >= 4 is 55.2 Å². The smallest absolute Gasteiger partial charge is 0.0973 e. The lowest BCUT2D eigenvalue weighted by atomic mass is 9.99. The van der Waals surface area contributed by atoms with Gasteiger partial charge in [0, 0.05) is 62.0 Å². The van der Waals surface area contributed by atoms with E-state index in [4.69, 9.17) is 31.4 Å². The Hall–Kier alpha value is -6.60. The van der Waals surface area contributed by atoms with E-state index in [9.17, 15) is 0 Å². The van der Waals surface area contributed by atoms with Crippen molar-refractivity contribution in [2.45, 2.75) is 52.0 Å². The maximum Gasteiger partial charge on any atom is 0.0973 e. The molecule has 3 aromatic heterocycles. The quantitative estimate of drug-likeness (QED) is 0.102. The van der Waals surface area contributed by atoms with Gasteiger partial charge in [-0.1, -0.05) is 112 Å². The Labute approximate surface area is 320 Å². The van der Waals surface area contributed by atoms with E-state index < -0.39 is 0 Å². The molecule has 0 saturated carbocycles. The summed E-state index contributed by atoms with van der Waals surface area (Å²) in [5.41, 5.74) is 26.6. The van der Waals surface area contributed by atoms with E-state index in [0.29, 0.717) is 11.4 Å². The Morgan fingerprint density at radius 1 is 0.418 bits per heavy atom. The lowest BCUT2D eigenvalue weighted by Gasteiger charge is -2.12. The topological polar surface area (TPSA) is 109 Å². The average molecular weight is 718 g/mol. The maximum atomic E-state index is 6.19. The van der Waals surface area contributed by atoms with Crippen molar-refractivity contribution in [3.8, 4) is 45.0 Å². The molecule has 0 radical (unpaired) electrons. The number of hydrogen-bond donors (Lipinski definition) is 2. The first-order valence-corrected chi connectivity index (χ1v) is 19.4. The van der Waals surface area contributed by atoms with Gasteiger partial charge < -0.3 is 16.0 Å². The van der Waals surface area contributed by atoms with Crippen molar-refractivity contribution in [1.82, 2.24) is 24.5 Å². The van der Waals surface area contributed by atoms with Gasteiger partial charge in [-0.3, -0.25) is 0 Å². The number of hydrogen-bond acceptors (Lipinski definition) is 6. The summed E-state index contributed by atoms with van der Waals surface area (Å²) in [6.45, 7) is 3.22. The Bertz CT molecular complexity index is 2640. The summed E-state index contributed by atoms with van der Waals surface area (Å²) in [6.07, 6.45) is 7.45. The minimum Gasteiger partial charge on any atom is -0.399 e. The summed E-state index contributed by atoms with van der Waals surface area (Å²) < 4.78 is 2.50. The minimum absolute atomic E-state index is 0.666. The largest absolute Gasteiger partial charge is 0.399 e. The summed E-state index contributed by atoms with van der Waals surface area (Å²) in [6, 6.07) is 45.6. The molecule has 0 amide bonds. The van der Waals surface area contributed by atoms with Crippen LogP contribution in [0.25, 0.3) is 88.9 Å². The maximum absolute atomic E-state index is 6.19. The highest BCUT2D eigenvalue weighted by molar-refractivity contribution is 6.11. The Morgan fingerprint density at radius 2 is 0.855 bits per heavy atom. The van der Waals surface area contributed by atoms with Crippen LogP contribution in [0.1, 0.15) is 45.4 Å². The van der Waals surface area contributed by atoms with Crippen LogP contribution in [0.15, 0.2) is 133 Å². The molecule has 0 atom stereocenters. The Morgan fingerprint density at radius 3 is 1.35 bits per heavy atom. The Balaban J connectivity index is 1.25. The molecule has 7 nitrogen and oxygen atoms in total. The van der Waals surface area contributed by atoms with Crippen LogP contribution in [0, 0.1) is 0 Å². The zero-order valence-electron chi connectivity index (χ0n) is 31.0. The standard InChI is InChI=1S/C48H43N7/c1-2-3-4-5-6-13-26-55-43-24-18-33(47-45(31-14-9-7-10-15-31)53-41-29-35(49)20-22-39(41)51-47)27-37(43)38-28-34(19-25-44(38)55)48-46(32-16-11-8-12-17-32)54-42-30-36(50)21-23-40(42)52-48/h7-12,14-25,27-30H,2-6,13,26,49-50H2,1H3. The van der Waals surface area contributed by atoms with Gasteiger partial charge in [0.15, 0.2) is 0 Å². The van der Waals surface area contributed by atoms with Gasteiger partial charge >= 0.3 is 0 Å². The van der Waals surface area contributed by atoms with Gasteiger partial charge in [0.2, 0.25) is 0 Å². The van der Waals surface area contributed by atoms with Crippen molar-refractivity contribution in [1.29, 1.82) is 0 Å². The number of nitrogens with zero attached hydrogens (tertiary/aromatic N) is 5. The second-order valence-corrected chi connectivity index (χ2v) is 14.5. The van der Waals surface area contributed by atoms with E-state index in [1.54, 1.807) is 0 Å². The number of nitrogen functional groups attached to an aromatic ring is 2. The van der Waals surface area contributed by atoms with Crippen molar-refractivity contribution in [2.75, 3.05) is 11.5 Å². The number of fused-ring (bicyclic) bond motifs is 5. The molecule has 7 heteroatoms. The molecule has 6 aromatic carbocycles. The van der Waals surface area contributed by atoms with E-state index in [1.807, 2.05) is 72.8 Å². The molecule has 9 aromatic rings. The normalized spacial score (nSPS) is 11.7. The third-order valence-corrected chi connectivity index (χ3v) is 10.6. The van der Waals surface area contributed by atoms with Crippen LogP contribution < -0.4 is 11.5 Å². The fourth-order valence-electron chi connectivity index (χ4n) is 7.83. The predicted octanol–water partition coefficient (Wildman–Crippen LogP) is 11.9. The molecule has 9 rings (SSSR count). The lowest BCUT2D eigenvalue weighted by Crippen LogP contribution is -1.99. The SMILES string of the molecule is CCCCCCCCn1c2ccc(-c3nc4ccc(N)cc4nc3-c3ccccc3)cc2c2cc(-c3nc4ccc(N)cc4nc3-c3ccccc3)ccc21. The van der Waals surface area contributed by atoms with Gasteiger partial charge in [-0.25, -0.2) is 19.9 Å². The molecule has 0 aliphatic carbocycles. The predicted molar refractivity (Wildman–Crippen MR) is 230 cm³/mol. The van der Waals surface area contributed by atoms with E-state index in [0.717, 1.165) is 80.1 Å². The van der Waals surface area contributed by atoms with Crippen LogP contribution in [0.5, 0.6) is 0 Å². The summed E-state index contributed by atoms with van der Waals surface area (Å²) in [7, 11) is 0. The first-order valence-electron chi connectivity index (χ1n) is 19.4. The highest BCUT2D eigenvalue weighted by Crippen LogP contribution is 2.39. The number of aryl methyl sites for hydroxylation is 1. The summed E-state index contributed by atoms with van der Waals surface area (Å²) in [5, 5.41) is 2.34. The van der Waals surface area contributed by atoms with E-state index >= 15 is 0 Å². The summed E-state index contributed by atoms with van der Waals surface area (Å²) in [5.74, 6) is 0. The monoisotopic (exact) mass is 717 g/mol. The molecular formula is C48H43N7. The van der Waals surface area contributed by atoms with Gasteiger partial charge in [0.05, 0.1) is 44.8 Å². The zero-order chi connectivity index (χ0) is 37.3. The molecular weight excluding hydrogens is 675 g/mol. The second kappa shape index (κ2) is 14.7. The third-order valence-electron chi connectivity index (χ3n) is 10.6. The van der Waals surface area contributed by atoms with Crippen molar-refractivity contribution in [2.24, 2.45) is 0 Å². The third kappa shape index (κ3) is 6.63. The van der Waals surface area contributed by atoms with Crippen LogP contribution in [-0.4, -0.2) is 24.5 Å². The molecule has 4 N–H and O–H groups in total. The molecule has 0 fully saturated rings. The number of unbranched alkanes of at least 4 members (excludes halogenated alkanes) is 5. The highest BCUT2D eigenvalue weighted by Gasteiger charge is 2.19. The van der Waals surface area contributed by atoms with E-state index in [2.05, 4.69) is 72.2 Å². The molecule has 0 spiro atoms. The number of aromatic nitrogens is 5. The lowest BCUT2D eigenvalue weighted by molar-refractivity contribution is 0.571. The van der Waals surface area contributed by atoms with Gasteiger partial charge in [-0.15, -0.1) is 0 Å². The van der Waals surface area contributed by atoms with Crippen molar-refractivity contribution in [3.05, 3.63) is 133 Å². The molecule has 0 saturated heterocycles. The molecule has 3 heterocycles. The first kappa shape index (κ1) is 34.2.